The van der Waals surface area contributed by atoms with Gasteiger partial charge in [-0.15, -0.1) is 0 Å². The number of carbonyl (C=O) groups excluding carboxylic acids is 1. The summed E-state index contributed by atoms with van der Waals surface area (Å²) in [5.74, 6) is 0. The van der Waals surface area contributed by atoms with E-state index in [2.05, 4.69) is 6.07 Å². The fraction of sp³-hybridized carbons (Fsp3) is 0.320. The van der Waals surface area contributed by atoms with E-state index in [0.717, 1.165) is 17.0 Å². The summed E-state index contributed by atoms with van der Waals surface area (Å²) in [6, 6.07) is 11.2. The lowest BCUT2D eigenvalue weighted by atomic mass is 9.74. The molecule has 0 saturated heterocycles. The molecule has 2 aromatic carbocycles. The van der Waals surface area contributed by atoms with Crippen LogP contribution in [0.4, 0.5) is 23.7 Å². The fourth-order valence-corrected chi connectivity index (χ4v) is 5.96. The Hall–Kier alpha value is -3.83. The molecule has 0 radical (unpaired) electrons. The van der Waals surface area contributed by atoms with E-state index in [1.54, 1.807) is 6.07 Å². The van der Waals surface area contributed by atoms with Crippen molar-refractivity contribution < 1.29 is 26.4 Å². The molecular formula is C25H21F3N4O3S. The van der Waals surface area contributed by atoms with Gasteiger partial charge in [0.15, 0.2) is 0 Å². The van der Waals surface area contributed by atoms with Gasteiger partial charge < -0.3 is 4.90 Å². The van der Waals surface area contributed by atoms with E-state index in [9.17, 15) is 36.9 Å². The first kappa shape index (κ1) is 25.3. The summed E-state index contributed by atoms with van der Waals surface area (Å²) in [5.41, 5.74) is 0.217. The topological polar surface area (TPSA) is 105 Å². The van der Waals surface area contributed by atoms with E-state index < -0.39 is 39.3 Å². The van der Waals surface area contributed by atoms with Crippen molar-refractivity contribution in [2.24, 2.45) is 0 Å². The minimum Gasteiger partial charge on any atom is -0.315 e. The number of hydrogen-bond donors (Lipinski definition) is 1. The number of allylic oxidation sites excluding steroid dienone is 1. The summed E-state index contributed by atoms with van der Waals surface area (Å²) in [6.45, 7) is 1.47. The molecule has 0 spiro atoms. The van der Waals surface area contributed by atoms with Gasteiger partial charge in [-0.1, -0.05) is 12.1 Å². The first-order valence-corrected chi connectivity index (χ1v) is 12.2. The molecule has 2 aromatic rings. The van der Waals surface area contributed by atoms with Gasteiger partial charge in [-0.3, -0.25) is 4.90 Å². The number of urea groups is 1. The van der Waals surface area contributed by atoms with Crippen molar-refractivity contribution in [1.82, 2.24) is 4.90 Å². The van der Waals surface area contributed by atoms with Gasteiger partial charge in [0.25, 0.3) is 0 Å². The van der Waals surface area contributed by atoms with Crippen LogP contribution in [-0.4, -0.2) is 26.4 Å². The minimum absolute atomic E-state index is 0.0523. The molecule has 2 aliphatic rings. The van der Waals surface area contributed by atoms with Gasteiger partial charge in [0.1, 0.15) is 10.7 Å². The monoisotopic (exact) mass is 514 g/mol. The highest BCUT2D eigenvalue weighted by atomic mass is 32.2. The lowest BCUT2D eigenvalue weighted by Crippen LogP contribution is -2.48. The van der Waals surface area contributed by atoms with Gasteiger partial charge >= 0.3 is 12.2 Å². The predicted molar refractivity (Wildman–Crippen MR) is 125 cm³/mol. The van der Waals surface area contributed by atoms with Gasteiger partial charge in [-0.05, 0) is 67.6 Å². The summed E-state index contributed by atoms with van der Waals surface area (Å²) in [4.78, 5) is 15.8. The maximum absolute atomic E-state index is 13.5. The summed E-state index contributed by atoms with van der Waals surface area (Å²) in [6.07, 6.45) is -3.26. The molecule has 36 heavy (non-hydrogen) atoms. The summed E-state index contributed by atoms with van der Waals surface area (Å²) < 4.78 is 63.4. The molecule has 7 nitrogen and oxygen atoms in total. The van der Waals surface area contributed by atoms with E-state index in [-0.39, 0.29) is 22.5 Å². The number of anilines is 1. The number of benzene rings is 2. The maximum Gasteiger partial charge on any atom is 0.416 e. The summed E-state index contributed by atoms with van der Waals surface area (Å²) in [5, 5.41) is 19.5. The van der Waals surface area contributed by atoms with Gasteiger partial charge in [-0.2, -0.15) is 23.7 Å². The van der Waals surface area contributed by atoms with Crippen molar-refractivity contribution in [2.75, 3.05) is 11.9 Å². The van der Waals surface area contributed by atoms with Crippen LogP contribution in [0.25, 0.3) is 0 Å². The molecular weight excluding hydrogens is 493 g/mol. The predicted octanol–water partition coefficient (Wildman–Crippen LogP) is 4.98. The van der Waals surface area contributed by atoms with Gasteiger partial charge in [0, 0.05) is 12.7 Å². The first-order valence-electron chi connectivity index (χ1n) is 11.0. The van der Waals surface area contributed by atoms with E-state index in [0.29, 0.717) is 30.4 Å². The number of nitriles is 2. The van der Waals surface area contributed by atoms with Crippen LogP contribution >= 0.6 is 0 Å². The summed E-state index contributed by atoms with van der Waals surface area (Å²) in [7, 11) is -1.53. The van der Waals surface area contributed by atoms with Crippen LogP contribution in [0.5, 0.6) is 0 Å². The van der Waals surface area contributed by atoms with Crippen LogP contribution in [-0.2, 0) is 21.6 Å². The Labute approximate surface area is 207 Å². The highest BCUT2D eigenvalue weighted by Crippen LogP contribution is 2.49. The molecule has 1 aliphatic carbocycles. The average molecular weight is 515 g/mol. The number of alkyl halides is 3. The number of amides is 2. The number of hydrogen-bond acceptors (Lipinski definition) is 5. The molecule has 1 heterocycles. The van der Waals surface area contributed by atoms with Crippen LogP contribution in [0.15, 0.2) is 53.7 Å². The Bertz CT molecular complexity index is 1440. The second-order valence-corrected chi connectivity index (χ2v) is 10.2. The first-order chi connectivity index (χ1) is 17.0. The molecule has 0 aromatic heterocycles. The van der Waals surface area contributed by atoms with Crippen LogP contribution < -0.4 is 4.90 Å². The average Bonchev–Trinajstić information content (AvgIpc) is 2.80. The zero-order chi connectivity index (χ0) is 26.4. The van der Waals surface area contributed by atoms with Crippen molar-refractivity contribution in [3.05, 3.63) is 76.0 Å². The van der Waals surface area contributed by atoms with Crippen LogP contribution in [0.3, 0.4) is 0 Å². The van der Waals surface area contributed by atoms with E-state index >= 15 is 0 Å². The Kier molecular flexibility index (Phi) is 6.31. The van der Waals surface area contributed by atoms with Crippen molar-refractivity contribution in [1.29, 1.82) is 10.5 Å². The number of halogens is 3. The summed E-state index contributed by atoms with van der Waals surface area (Å²) >= 11 is 0. The normalized spacial score (nSPS) is 19.7. The molecule has 1 atom stereocenters. The second-order valence-electron chi connectivity index (χ2n) is 8.85. The molecule has 4 rings (SSSR count). The van der Waals surface area contributed by atoms with Crippen LogP contribution in [0.1, 0.15) is 54.5 Å². The van der Waals surface area contributed by atoms with Gasteiger partial charge in [-0.25, -0.2) is 13.2 Å². The highest BCUT2D eigenvalue weighted by Gasteiger charge is 2.47. The Morgan fingerprint density at radius 1 is 1.08 bits per heavy atom. The van der Waals surface area contributed by atoms with E-state index in [1.165, 1.54) is 43.1 Å². The van der Waals surface area contributed by atoms with E-state index in [1.807, 2.05) is 6.07 Å². The quantitative estimate of drug-likeness (QED) is 0.580. The number of thiol groups is 1. The van der Waals surface area contributed by atoms with Crippen molar-refractivity contribution in [2.45, 2.75) is 43.2 Å². The third-order valence-corrected chi connectivity index (χ3v) is 8.33. The molecule has 0 N–H and O–H groups in total. The van der Waals surface area contributed by atoms with Gasteiger partial charge in [0.05, 0.1) is 45.3 Å². The highest BCUT2D eigenvalue weighted by molar-refractivity contribution is 7.73. The standard InChI is InChI=1S/C25H21F3N4O3S/c1-15-20(14-30)22(19-8-7-16(13-29)11-21(19)24(36(34)35)9-4-10-24)31(2)23(33)32(15)18-6-3-5-17(12-18)25(26,27)28/h3,5-8,11-12,22,36H,4,9-10H2,1-2H3. The molecule has 0 bridgehead atoms. The van der Waals surface area contributed by atoms with Crippen LogP contribution in [0, 0.1) is 22.7 Å². The number of likely N-dealkylation sites (N-methyl/N-ethyl adjacent to an activating group) is 1. The third-order valence-electron chi connectivity index (χ3n) is 6.94. The Morgan fingerprint density at radius 2 is 1.78 bits per heavy atom. The lowest BCUT2D eigenvalue weighted by molar-refractivity contribution is -0.137. The number of rotatable bonds is 4. The Morgan fingerprint density at radius 3 is 2.31 bits per heavy atom. The SMILES string of the molecule is CC1=C(C#N)C(c2ccc(C#N)cc2C2([SH](=O)=O)CCC2)N(C)C(=O)N1c1cccc(C(F)(F)F)c1. The zero-order valence-electron chi connectivity index (χ0n) is 19.3. The molecule has 1 aliphatic heterocycles. The molecule has 2 amide bonds. The zero-order valence-corrected chi connectivity index (χ0v) is 20.2. The van der Waals surface area contributed by atoms with Gasteiger partial charge in [0.2, 0.25) is 0 Å². The molecule has 1 saturated carbocycles. The van der Waals surface area contributed by atoms with Crippen LogP contribution in [0.2, 0.25) is 0 Å². The Balaban J connectivity index is 1.92. The fourth-order valence-electron chi connectivity index (χ4n) is 4.88. The largest absolute Gasteiger partial charge is 0.416 e. The molecule has 11 heteroatoms. The maximum atomic E-state index is 13.5. The molecule has 186 valence electrons. The van der Waals surface area contributed by atoms with Crippen molar-refractivity contribution >= 4 is 22.4 Å². The van der Waals surface area contributed by atoms with Crippen molar-refractivity contribution in [3.8, 4) is 12.1 Å². The molecule has 1 unspecified atom stereocenters. The van der Waals surface area contributed by atoms with Crippen molar-refractivity contribution in [3.63, 3.8) is 0 Å². The number of carbonyl (C=O) groups is 1. The van der Waals surface area contributed by atoms with E-state index in [4.69, 9.17) is 0 Å². The third kappa shape index (κ3) is 3.90. The lowest BCUT2D eigenvalue weighted by Gasteiger charge is -2.43. The second kappa shape index (κ2) is 8.99. The smallest absolute Gasteiger partial charge is 0.315 e. The molecule has 1 fully saturated rings. The number of nitrogens with zero attached hydrogens (tertiary/aromatic N) is 4. The minimum atomic E-state index is -4.62.